The van der Waals surface area contributed by atoms with Gasteiger partial charge < -0.3 is 9.47 Å². The van der Waals surface area contributed by atoms with E-state index >= 15 is 0 Å². The third-order valence-corrected chi connectivity index (χ3v) is 4.41. The molecule has 4 heteroatoms. The Kier molecular flexibility index (Phi) is 6.98. The lowest BCUT2D eigenvalue weighted by molar-refractivity contribution is 0.0253. The van der Waals surface area contributed by atoms with Gasteiger partial charge in [0.25, 0.3) is 0 Å². The zero-order valence-electron chi connectivity index (χ0n) is 15.6. The first-order valence-electron chi connectivity index (χ1n) is 8.72. The Morgan fingerprint density at radius 3 is 2.65 bits per heavy atom. The maximum Gasteiger partial charge on any atom is 0.411 e. The predicted octanol–water partition coefficient (Wildman–Crippen LogP) is 4.66. The Bertz CT molecular complexity index is 705. The minimum absolute atomic E-state index is 0.239. The van der Waals surface area contributed by atoms with Crippen LogP contribution >= 0.6 is 0 Å². The standard InChI is InChI=1S/C22H27NO3/c1-5-13-25-17-22(4)14-19(6-2)20(7-3)15-23(22)21(24)26-16-18-11-9-8-10-12-18/h5-12,14H,1-2,13,15-17H2,3-4H3/b20-7+. The summed E-state index contributed by atoms with van der Waals surface area (Å²) in [5, 5.41) is 0. The van der Waals surface area contributed by atoms with Gasteiger partial charge in [-0.25, -0.2) is 4.79 Å². The molecule has 2 rings (SSSR count). The van der Waals surface area contributed by atoms with Crippen molar-refractivity contribution in [2.24, 2.45) is 0 Å². The number of hydrogen-bond donors (Lipinski definition) is 0. The molecule has 1 atom stereocenters. The molecule has 1 aromatic carbocycles. The third kappa shape index (κ3) is 4.73. The van der Waals surface area contributed by atoms with Gasteiger partial charge in [-0.2, -0.15) is 0 Å². The van der Waals surface area contributed by atoms with Crippen LogP contribution in [-0.4, -0.2) is 36.3 Å². The molecule has 138 valence electrons. The van der Waals surface area contributed by atoms with E-state index in [0.717, 1.165) is 16.7 Å². The molecular weight excluding hydrogens is 326 g/mol. The molecule has 0 bridgehead atoms. The second kappa shape index (κ2) is 9.20. The summed E-state index contributed by atoms with van der Waals surface area (Å²) in [5.74, 6) is 0. The topological polar surface area (TPSA) is 38.8 Å². The van der Waals surface area contributed by atoms with E-state index in [2.05, 4.69) is 13.2 Å². The van der Waals surface area contributed by atoms with Gasteiger partial charge in [-0.15, -0.1) is 6.58 Å². The average molecular weight is 353 g/mol. The zero-order valence-corrected chi connectivity index (χ0v) is 15.6. The lowest BCUT2D eigenvalue weighted by atomic mass is 9.88. The van der Waals surface area contributed by atoms with E-state index in [4.69, 9.17) is 9.47 Å². The van der Waals surface area contributed by atoms with E-state index < -0.39 is 5.54 Å². The molecule has 0 N–H and O–H groups in total. The fourth-order valence-corrected chi connectivity index (χ4v) is 2.93. The van der Waals surface area contributed by atoms with Gasteiger partial charge in [0.2, 0.25) is 0 Å². The first-order chi connectivity index (χ1) is 12.5. The molecule has 0 aliphatic carbocycles. The summed E-state index contributed by atoms with van der Waals surface area (Å²) >= 11 is 0. The Morgan fingerprint density at radius 1 is 1.31 bits per heavy atom. The molecule has 0 fully saturated rings. The van der Waals surface area contributed by atoms with Crippen LogP contribution in [0.15, 0.2) is 78.9 Å². The average Bonchev–Trinajstić information content (AvgIpc) is 2.66. The van der Waals surface area contributed by atoms with E-state index in [9.17, 15) is 4.79 Å². The van der Waals surface area contributed by atoms with Gasteiger partial charge in [-0.1, -0.05) is 55.1 Å². The monoisotopic (exact) mass is 353 g/mol. The summed E-state index contributed by atoms with van der Waals surface area (Å²) in [7, 11) is 0. The number of hydrogen-bond acceptors (Lipinski definition) is 3. The van der Waals surface area contributed by atoms with Crippen molar-refractivity contribution in [2.45, 2.75) is 26.0 Å². The van der Waals surface area contributed by atoms with Crippen LogP contribution in [0, 0.1) is 0 Å². The molecule has 4 nitrogen and oxygen atoms in total. The van der Waals surface area contributed by atoms with Gasteiger partial charge in [0.15, 0.2) is 0 Å². The summed E-state index contributed by atoms with van der Waals surface area (Å²) in [4.78, 5) is 14.5. The largest absolute Gasteiger partial charge is 0.445 e. The number of carbonyl (C=O) groups is 1. The van der Waals surface area contributed by atoms with Gasteiger partial charge in [0.05, 0.1) is 25.3 Å². The lowest BCUT2D eigenvalue weighted by Gasteiger charge is -2.42. The van der Waals surface area contributed by atoms with E-state index in [1.807, 2.05) is 62.4 Å². The van der Waals surface area contributed by atoms with Crippen LogP contribution in [0.5, 0.6) is 0 Å². The lowest BCUT2D eigenvalue weighted by Crippen LogP contribution is -2.54. The van der Waals surface area contributed by atoms with Crippen LogP contribution < -0.4 is 0 Å². The van der Waals surface area contributed by atoms with Crippen molar-refractivity contribution >= 4 is 6.09 Å². The fourth-order valence-electron chi connectivity index (χ4n) is 2.93. The summed E-state index contributed by atoms with van der Waals surface area (Å²) in [6.45, 7) is 13.0. The van der Waals surface area contributed by atoms with Crippen molar-refractivity contribution in [3.8, 4) is 0 Å². The predicted molar refractivity (Wildman–Crippen MR) is 105 cm³/mol. The molecule has 0 spiro atoms. The van der Waals surface area contributed by atoms with Gasteiger partial charge >= 0.3 is 6.09 Å². The number of allylic oxidation sites excluding steroid dienone is 2. The Hall–Kier alpha value is -2.59. The molecule has 1 aliphatic rings. The van der Waals surface area contributed by atoms with Gasteiger partial charge in [-0.05, 0) is 36.6 Å². The summed E-state index contributed by atoms with van der Waals surface area (Å²) in [5.41, 5.74) is 2.39. The summed E-state index contributed by atoms with van der Waals surface area (Å²) in [6.07, 6.45) is 7.16. The van der Waals surface area contributed by atoms with E-state index in [1.54, 1.807) is 11.0 Å². The van der Waals surface area contributed by atoms with E-state index in [1.165, 1.54) is 0 Å². The maximum absolute atomic E-state index is 12.8. The first-order valence-corrected chi connectivity index (χ1v) is 8.72. The van der Waals surface area contributed by atoms with Gasteiger partial charge in [0.1, 0.15) is 6.61 Å². The van der Waals surface area contributed by atoms with Crippen molar-refractivity contribution in [1.82, 2.24) is 4.90 Å². The maximum atomic E-state index is 12.8. The summed E-state index contributed by atoms with van der Waals surface area (Å²) in [6, 6.07) is 9.65. The third-order valence-electron chi connectivity index (χ3n) is 4.41. The smallest absolute Gasteiger partial charge is 0.411 e. The van der Waals surface area contributed by atoms with Crippen molar-refractivity contribution in [1.29, 1.82) is 0 Å². The molecular formula is C22H27NO3. The number of rotatable bonds is 7. The van der Waals surface area contributed by atoms with Crippen LogP contribution in [0.25, 0.3) is 0 Å². The fraction of sp³-hybridized carbons (Fsp3) is 0.318. The second-order valence-electron chi connectivity index (χ2n) is 6.41. The van der Waals surface area contributed by atoms with Crippen LogP contribution in [-0.2, 0) is 16.1 Å². The first kappa shape index (κ1) is 19.7. The van der Waals surface area contributed by atoms with Crippen LogP contribution in [0.4, 0.5) is 4.79 Å². The van der Waals surface area contributed by atoms with Crippen molar-refractivity contribution in [3.05, 3.63) is 84.5 Å². The van der Waals surface area contributed by atoms with Crippen molar-refractivity contribution in [3.63, 3.8) is 0 Å². The summed E-state index contributed by atoms with van der Waals surface area (Å²) < 4.78 is 11.2. The molecule has 1 amide bonds. The molecule has 0 radical (unpaired) electrons. The molecule has 1 unspecified atom stereocenters. The molecule has 1 aromatic rings. The van der Waals surface area contributed by atoms with Crippen molar-refractivity contribution < 1.29 is 14.3 Å². The van der Waals surface area contributed by atoms with Crippen LogP contribution in [0.1, 0.15) is 19.4 Å². The molecule has 0 aromatic heterocycles. The molecule has 26 heavy (non-hydrogen) atoms. The second-order valence-corrected chi connectivity index (χ2v) is 6.41. The van der Waals surface area contributed by atoms with Crippen LogP contribution in [0.2, 0.25) is 0 Å². The number of benzene rings is 1. The highest BCUT2D eigenvalue weighted by Crippen LogP contribution is 2.31. The Balaban J connectivity index is 2.20. The SMILES string of the molecule is C=CCOCC1(C)C=C(C=C)/C(=C/C)CN1C(=O)OCc1ccccc1. The Labute approximate surface area is 156 Å². The number of carbonyl (C=O) groups excluding carboxylic acids is 1. The van der Waals surface area contributed by atoms with Gasteiger partial charge in [0, 0.05) is 0 Å². The number of ether oxygens (including phenoxy) is 2. The Morgan fingerprint density at radius 2 is 2.04 bits per heavy atom. The van der Waals surface area contributed by atoms with Crippen molar-refractivity contribution in [2.75, 3.05) is 19.8 Å². The normalized spacial score (nSPS) is 21.2. The highest BCUT2D eigenvalue weighted by atomic mass is 16.6. The quantitative estimate of drug-likeness (QED) is 0.529. The minimum Gasteiger partial charge on any atom is -0.445 e. The molecule has 0 saturated heterocycles. The zero-order chi connectivity index (χ0) is 19.0. The number of nitrogens with zero attached hydrogens (tertiary/aromatic N) is 1. The molecule has 1 aliphatic heterocycles. The van der Waals surface area contributed by atoms with Crippen LogP contribution in [0.3, 0.4) is 0 Å². The van der Waals surface area contributed by atoms with E-state index in [-0.39, 0.29) is 12.7 Å². The number of amides is 1. The van der Waals surface area contributed by atoms with Gasteiger partial charge in [-0.3, -0.25) is 4.90 Å². The molecule has 1 heterocycles. The molecule has 0 saturated carbocycles. The highest BCUT2D eigenvalue weighted by molar-refractivity contribution is 5.71. The van der Waals surface area contributed by atoms with E-state index in [0.29, 0.717) is 19.8 Å². The minimum atomic E-state index is -0.618. The highest BCUT2D eigenvalue weighted by Gasteiger charge is 2.39.